The second kappa shape index (κ2) is 12.8. The van der Waals surface area contributed by atoms with Crippen LogP contribution in [0, 0.1) is 35.3 Å². The van der Waals surface area contributed by atoms with Gasteiger partial charge in [0.05, 0.1) is 19.2 Å². The van der Waals surface area contributed by atoms with Crippen molar-refractivity contribution in [1.82, 2.24) is 15.2 Å². The van der Waals surface area contributed by atoms with E-state index < -0.39 is 17.6 Å². The van der Waals surface area contributed by atoms with Crippen molar-refractivity contribution in [2.75, 3.05) is 33.8 Å². The summed E-state index contributed by atoms with van der Waals surface area (Å²) in [5, 5.41) is 14.0. The lowest BCUT2D eigenvalue weighted by molar-refractivity contribution is -0.139. The number of benzene rings is 2. The van der Waals surface area contributed by atoms with Crippen molar-refractivity contribution in [2.24, 2.45) is 11.8 Å². The van der Waals surface area contributed by atoms with Crippen molar-refractivity contribution in [1.29, 1.82) is 0 Å². The van der Waals surface area contributed by atoms with Gasteiger partial charge in [0.2, 0.25) is 0 Å². The van der Waals surface area contributed by atoms with Gasteiger partial charge in [-0.1, -0.05) is 11.8 Å². The van der Waals surface area contributed by atoms with E-state index in [-0.39, 0.29) is 24.3 Å². The van der Waals surface area contributed by atoms with E-state index in [4.69, 9.17) is 4.74 Å². The first kappa shape index (κ1) is 27.5. The summed E-state index contributed by atoms with van der Waals surface area (Å²) in [6, 6.07) is 11.2. The van der Waals surface area contributed by atoms with Crippen molar-refractivity contribution < 1.29 is 23.4 Å². The number of carboxylic acid groups (broad SMARTS) is 1. The SMILES string of the molecule is CN[C@@H](CC[C@@H]1CCN(CC#Cc2cc(F)cc(F)c2)C[C@@H]1CC(=O)O)c1ccnc2ccc(OC)cc12. The Morgan fingerprint density at radius 1 is 1.21 bits per heavy atom. The van der Waals surface area contributed by atoms with Gasteiger partial charge in [-0.2, -0.15) is 0 Å². The number of piperidine rings is 1. The Hall–Kier alpha value is -3.54. The van der Waals surface area contributed by atoms with Gasteiger partial charge in [-0.05, 0) is 86.7 Å². The minimum absolute atomic E-state index is 0.00134. The normalized spacial score (nSPS) is 18.5. The van der Waals surface area contributed by atoms with Crippen LogP contribution in [0.4, 0.5) is 8.78 Å². The van der Waals surface area contributed by atoms with Gasteiger partial charge < -0.3 is 15.2 Å². The number of aliphatic carboxylic acids is 1. The molecule has 1 saturated heterocycles. The Balaban J connectivity index is 1.42. The molecule has 1 aliphatic rings. The van der Waals surface area contributed by atoms with E-state index in [1.54, 1.807) is 7.11 Å². The molecule has 8 heteroatoms. The Bertz CT molecular complexity index is 1320. The van der Waals surface area contributed by atoms with E-state index in [2.05, 4.69) is 27.0 Å². The summed E-state index contributed by atoms with van der Waals surface area (Å²) in [4.78, 5) is 18.3. The van der Waals surface area contributed by atoms with E-state index in [0.29, 0.717) is 18.7 Å². The molecule has 0 spiro atoms. The number of rotatable bonds is 9. The van der Waals surface area contributed by atoms with Crippen LogP contribution in [0.2, 0.25) is 0 Å². The van der Waals surface area contributed by atoms with E-state index in [9.17, 15) is 18.7 Å². The minimum Gasteiger partial charge on any atom is -0.497 e. The van der Waals surface area contributed by atoms with Gasteiger partial charge in [-0.25, -0.2) is 8.78 Å². The van der Waals surface area contributed by atoms with Crippen molar-refractivity contribution in [2.45, 2.75) is 31.7 Å². The van der Waals surface area contributed by atoms with Crippen molar-refractivity contribution in [3.05, 3.63) is 71.4 Å². The lowest BCUT2D eigenvalue weighted by Gasteiger charge is -2.38. The Labute approximate surface area is 222 Å². The summed E-state index contributed by atoms with van der Waals surface area (Å²) in [7, 11) is 3.59. The maximum atomic E-state index is 13.4. The molecule has 200 valence electrons. The van der Waals surface area contributed by atoms with Gasteiger partial charge in [-0.3, -0.25) is 14.7 Å². The van der Waals surface area contributed by atoms with Crippen LogP contribution in [0.15, 0.2) is 48.7 Å². The summed E-state index contributed by atoms with van der Waals surface area (Å²) in [5.41, 5.74) is 2.34. The zero-order valence-electron chi connectivity index (χ0n) is 21.7. The standard InChI is InChI=1S/C30H33F2N3O3/c1-33-28(26-9-11-34-29-8-6-25(38-2)18-27(26)29)7-5-21-10-13-35(19-22(21)16-30(36)37)12-3-4-20-14-23(31)17-24(32)15-20/h6,8-9,11,14-15,17-18,21-22,28,33H,5,7,10,12-13,16,19H2,1-2H3,(H,36,37)/t21-,22+,28+/m1/s1. The second-order valence-corrected chi connectivity index (χ2v) is 9.80. The molecule has 0 unspecified atom stereocenters. The fourth-order valence-electron chi connectivity index (χ4n) is 5.43. The molecule has 2 N–H and O–H groups in total. The van der Waals surface area contributed by atoms with E-state index in [1.807, 2.05) is 37.5 Å². The molecule has 3 atom stereocenters. The van der Waals surface area contributed by atoms with Crippen molar-refractivity contribution >= 4 is 16.9 Å². The zero-order chi connectivity index (χ0) is 27.1. The molecular formula is C30H33F2N3O3. The van der Waals surface area contributed by atoms with Crippen LogP contribution in [0.25, 0.3) is 10.9 Å². The highest BCUT2D eigenvalue weighted by Crippen LogP contribution is 2.34. The number of nitrogens with zero attached hydrogens (tertiary/aromatic N) is 2. The summed E-state index contributed by atoms with van der Waals surface area (Å²) in [6.45, 7) is 1.85. The van der Waals surface area contributed by atoms with Gasteiger partial charge in [0.1, 0.15) is 17.4 Å². The summed E-state index contributed by atoms with van der Waals surface area (Å²) in [6.07, 6.45) is 4.54. The minimum atomic E-state index is -0.805. The van der Waals surface area contributed by atoms with Gasteiger partial charge in [-0.15, -0.1) is 0 Å². The smallest absolute Gasteiger partial charge is 0.303 e. The third kappa shape index (κ3) is 7.06. The van der Waals surface area contributed by atoms with Crippen LogP contribution < -0.4 is 10.1 Å². The molecule has 3 aromatic rings. The number of methoxy groups -OCH3 is 1. The van der Waals surface area contributed by atoms with Crippen LogP contribution in [0.3, 0.4) is 0 Å². The lowest BCUT2D eigenvalue weighted by atomic mass is 9.79. The predicted molar refractivity (Wildman–Crippen MR) is 143 cm³/mol. The highest BCUT2D eigenvalue weighted by atomic mass is 19.1. The highest BCUT2D eigenvalue weighted by molar-refractivity contribution is 5.84. The first-order valence-electron chi connectivity index (χ1n) is 12.8. The molecule has 1 fully saturated rings. The van der Waals surface area contributed by atoms with Crippen molar-refractivity contribution in [3.63, 3.8) is 0 Å². The number of fused-ring (bicyclic) bond motifs is 1. The zero-order valence-corrected chi connectivity index (χ0v) is 21.7. The molecule has 0 bridgehead atoms. The first-order chi connectivity index (χ1) is 18.4. The Kier molecular flexibility index (Phi) is 9.27. The lowest BCUT2D eigenvalue weighted by Crippen LogP contribution is -2.41. The third-order valence-corrected chi connectivity index (χ3v) is 7.34. The van der Waals surface area contributed by atoms with Gasteiger partial charge in [0, 0.05) is 42.2 Å². The number of hydrogen-bond donors (Lipinski definition) is 2. The molecular weight excluding hydrogens is 488 g/mol. The monoisotopic (exact) mass is 521 g/mol. The van der Waals surface area contributed by atoms with Crippen LogP contribution in [-0.2, 0) is 4.79 Å². The van der Waals surface area contributed by atoms with Gasteiger partial charge in [0.25, 0.3) is 0 Å². The molecule has 0 aliphatic carbocycles. The highest BCUT2D eigenvalue weighted by Gasteiger charge is 2.31. The predicted octanol–water partition coefficient (Wildman–Crippen LogP) is 5.03. The fraction of sp³-hybridized carbons (Fsp3) is 0.400. The van der Waals surface area contributed by atoms with Crippen LogP contribution in [-0.4, -0.2) is 54.8 Å². The Morgan fingerprint density at radius 2 is 2.00 bits per heavy atom. The topological polar surface area (TPSA) is 74.7 Å². The molecule has 38 heavy (non-hydrogen) atoms. The molecule has 1 aromatic heterocycles. The fourth-order valence-corrected chi connectivity index (χ4v) is 5.43. The molecule has 4 rings (SSSR count). The number of pyridine rings is 1. The number of aromatic nitrogens is 1. The van der Waals surface area contributed by atoms with E-state index in [1.165, 1.54) is 12.1 Å². The second-order valence-electron chi connectivity index (χ2n) is 9.80. The average molecular weight is 522 g/mol. The number of ether oxygens (including phenoxy) is 1. The van der Waals surface area contributed by atoms with Crippen LogP contribution in [0.5, 0.6) is 5.75 Å². The molecule has 6 nitrogen and oxygen atoms in total. The average Bonchev–Trinajstić information content (AvgIpc) is 2.89. The summed E-state index contributed by atoms with van der Waals surface area (Å²) < 4.78 is 32.2. The molecule has 0 saturated carbocycles. The van der Waals surface area contributed by atoms with Gasteiger partial charge in [0.15, 0.2) is 0 Å². The first-order valence-corrected chi connectivity index (χ1v) is 12.8. The summed E-state index contributed by atoms with van der Waals surface area (Å²) >= 11 is 0. The molecule has 2 heterocycles. The van der Waals surface area contributed by atoms with E-state index in [0.717, 1.165) is 54.1 Å². The number of carbonyl (C=O) groups is 1. The number of halogens is 2. The number of nitrogens with one attached hydrogen (secondary N) is 1. The van der Waals surface area contributed by atoms with Crippen LogP contribution in [0.1, 0.15) is 42.9 Å². The quantitative estimate of drug-likeness (QED) is 0.385. The Morgan fingerprint density at radius 3 is 2.71 bits per heavy atom. The molecule has 0 radical (unpaired) electrons. The van der Waals surface area contributed by atoms with Gasteiger partial charge >= 0.3 is 5.97 Å². The van der Waals surface area contributed by atoms with Crippen LogP contribution >= 0.6 is 0 Å². The molecule has 1 aliphatic heterocycles. The maximum absolute atomic E-state index is 13.4. The summed E-state index contributed by atoms with van der Waals surface area (Å²) in [5.74, 6) is 4.74. The third-order valence-electron chi connectivity index (χ3n) is 7.34. The largest absolute Gasteiger partial charge is 0.497 e. The number of likely N-dealkylation sites (tertiary alicyclic amines) is 1. The molecule has 2 aromatic carbocycles. The maximum Gasteiger partial charge on any atom is 0.303 e. The number of hydrogen-bond acceptors (Lipinski definition) is 5. The van der Waals surface area contributed by atoms with E-state index >= 15 is 0 Å². The van der Waals surface area contributed by atoms with Crippen molar-refractivity contribution in [3.8, 4) is 17.6 Å². The number of carboxylic acids is 1. The molecule has 0 amide bonds.